The molecule has 0 atom stereocenters. The molecular weight excluding hydrogens is 278 g/mol. The van der Waals surface area contributed by atoms with Crippen LogP contribution in [0.25, 0.3) is 11.8 Å². The first kappa shape index (κ1) is 12.5. The average molecular weight is 288 g/mol. The largest absolute Gasteiger partial charge is 0.326 e. The summed E-state index contributed by atoms with van der Waals surface area (Å²) in [5.41, 5.74) is 1.92. The zero-order valence-electron chi connectivity index (χ0n) is 10.3. The average Bonchev–Trinajstić information content (AvgIpc) is 2.98. The number of hydrogen-bond donors (Lipinski definition) is 2. The van der Waals surface area contributed by atoms with Crippen molar-refractivity contribution in [1.29, 1.82) is 0 Å². The standard InChI is InChI=1S/C14H10ClN3O2/c15-9-3-5-10(6-4-9)18-7-1-2-11(18)8-12-13(19)17-14(20)16-12/h1-8H,(H2,16,17,19,20)/b12-8+. The molecule has 5 nitrogen and oxygen atoms in total. The van der Waals surface area contributed by atoms with Gasteiger partial charge in [-0.25, -0.2) is 4.79 Å². The molecule has 0 spiro atoms. The highest BCUT2D eigenvalue weighted by molar-refractivity contribution is 6.30. The maximum Gasteiger partial charge on any atom is 0.326 e. The molecule has 1 aliphatic heterocycles. The van der Waals surface area contributed by atoms with E-state index in [1.807, 2.05) is 35.0 Å². The fourth-order valence-electron chi connectivity index (χ4n) is 1.98. The Morgan fingerprint density at radius 2 is 1.80 bits per heavy atom. The van der Waals surface area contributed by atoms with E-state index in [0.717, 1.165) is 11.4 Å². The highest BCUT2D eigenvalue weighted by Gasteiger charge is 2.23. The molecule has 0 saturated carbocycles. The highest BCUT2D eigenvalue weighted by atomic mass is 35.5. The van der Waals surface area contributed by atoms with Crippen molar-refractivity contribution in [1.82, 2.24) is 15.2 Å². The lowest BCUT2D eigenvalue weighted by Crippen LogP contribution is -2.22. The molecule has 2 N–H and O–H groups in total. The van der Waals surface area contributed by atoms with E-state index in [-0.39, 0.29) is 5.70 Å². The number of carbonyl (C=O) groups is 2. The Bertz CT molecular complexity index is 716. The molecule has 6 heteroatoms. The number of amides is 3. The minimum absolute atomic E-state index is 0.226. The van der Waals surface area contributed by atoms with Gasteiger partial charge in [0.25, 0.3) is 5.91 Å². The van der Waals surface area contributed by atoms with Gasteiger partial charge < -0.3 is 9.88 Å². The molecule has 1 aliphatic rings. The Balaban J connectivity index is 1.99. The number of urea groups is 1. The van der Waals surface area contributed by atoms with Gasteiger partial charge in [0.15, 0.2) is 0 Å². The molecule has 1 aromatic heterocycles. The molecule has 1 saturated heterocycles. The number of rotatable bonds is 2. The van der Waals surface area contributed by atoms with Crippen LogP contribution in [0.4, 0.5) is 4.79 Å². The molecule has 2 aromatic rings. The van der Waals surface area contributed by atoms with E-state index < -0.39 is 11.9 Å². The number of carbonyl (C=O) groups excluding carboxylic acids is 2. The fourth-order valence-corrected chi connectivity index (χ4v) is 2.10. The minimum atomic E-state index is -0.508. The highest BCUT2D eigenvalue weighted by Crippen LogP contribution is 2.18. The van der Waals surface area contributed by atoms with Crippen LogP contribution in [0.15, 0.2) is 48.3 Å². The smallest absolute Gasteiger partial charge is 0.317 e. The summed E-state index contributed by atoms with van der Waals surface area (Å²) >= 11 is 5.86. The zero-order chi connectivity index (χ0) is 14.1. The van der Waals surface area contributed by atoms with Gasteiger partial charge in [0.2, 0.25) is 0 Å². The van der Waals surface area contributed by atoms with Crippen molar-refractivity contribution in [3.8, 4) is 5.69 Å². The Hall–Kier alpha value is -2.53. The van der Waals surface area contributed by atoms with Gasteiger partial charge in [0.1, 0.15) is 5.70 Å². The Kier molecular flexibility index (Phi) is 3.04. The molecule has 20 heavy (non-hydrogen) atoms. The first-order chi connectivity index (χ1) is 9.63. The Morgan fingerprint density at radius 1 is 1.05 bits per heavy atom. The van der Waals surface area contributed by atoms with Crippen LogP contribution in [-0.2, 0) is 4.79 Å². The van der Waals surface area contributed by atoms with Crippen molar-refractivity contribution in [2.24, 2.45) is 0 Å². The van der Waals surface area contributed by atoms with Crippen LogP contribution < -0.4 is 10.6 Å². The van der Waals surface area contributed by atoms with E-state index in [1.165, 1.54) is 0 Å². The number of benzene rings is 1. The summed E-state index contributed by atoms with van der Waals surface area (Å²) in [5, 5.41) is 5.27. The molecule has 0 bridgehead atoms. The molecule has 3 rings (SSSR count). The third-order valence-corrected chi connectivity index (χ3v) is 3.15. The number of halogens is 1. The molecule has 3 amide bonds. The fraction of sp³-hybridized carbons (Fsp3) is 0. The van der Waals surface area contributed by atoms with Crippen LogP contribution >= 0.6 is 11.6 Å². The first-order valence-electron chi connectivity index (χ1n) is 5.91. The van der Waals surface area contributed by atoms with Crippen LogP contribution in [0.3, 0.4) is 0 Å². The second-order valence-corrected chi connectivity index (χ2v) is 4.68. The minimum Gasteiger partial charge on any atom is -0.317 e. The summed E-state index contributed by atoms with van der Waals surface area (Å²) in [6, 6.07) is 10.5. The number of imide groups is 1. The quantitative estimate of drug-likeness (QED) is 0.658. The second-order valence-electron chi connectivity index (χ2n) is 4.25. The van der Waals surface area contributed by atoms with E-state index >= 15 is 0 Å². The maximum absolute atomic E-state index is 11.5. The van der Waals surface area contributed by atoms with Crippen LogP contribution in [0, 0.1) is 0 Å². The van der Waals surface area contributed by atoms with Crippen molar-refractivity contribution in [2.75, 3.05) is 0 Å². The Labute approximate surface area is 119 Å². The summed E-state index contributed by atoms with van der Waals surface area (Å²) in [4.78, 5) is 22.6. The molecule has 0 unspecified atom stereocenters. The van der Waals surface area contributed by atoms with E-state index in [1.54, 1.807) is 18.2 Å². The van der Waals surface area contributed by atoms with Crippen LogP contribution in [0.2, 0.25) is 5.02 Å². The third-order valence-electron chi connectivity index (χ3n) is 2.90. The molecule has 0 aliphatic carbocycles. The monoisotopic (exact) mass is 287 g/mol. The first-order valence-corrected chi connectivity index (χ1v) is 6.28. The van der Waals surface area contributed by atoms with Crippen LogP contribution in [0.5, 0.6) is 0 Å². The van der Waals surface area contributed by atoms with Gasteiger partial charge in [0, 0.05) is 22.6 Å². The second kappa shape index (κ2) is 4.86. The number of nitrogens with one attached hydrogen (secondary N) is 2. The normalized spacial score (nSPS) is 16.4. The summed E-state index contributed by atoms with van der Waals surface area (Å²) < 4.78 is 1.89. The summed E-state index contributed by atoms with van der Waals surface area (Å²) in [7, 11) is 0. The molecule has 2 heterocycles. The lowest BCUT2D eigenvalue weighted by molar-refractivity contribution is -0.115. The lowest BCUT2D eigenvalue weighted by Gasteiger charge is -2.07. The zero-order valence-corrected chi connectivity index (χ0v) is 11.0. The molecule has 1 aromatic carbocycles. The molecule has 1 fully saturated rings. The lowest BCUT2D eigenvalue weighted by atomic mass is 10.3. The van der Waals surface area contributed by atoms with Gasteiger partial charge in [-0.3, -0.25) is 10.1 Å². The van der Waals surface area contributed by atoms with Crippen molar-refractivity contribution in [3.63, 3.8) is 0 Å². The summed E-state index contributed by atoms with van der Waals surface area (Å²) in [5.74, 6) is -0.432. The predicted molar refractivity (Wildman–Crippen MR) is 75.4 cm³/mol. The van der Waals surface area contributed by atoms with E-state index in [4.69, 9.17) is 11.6 Å². The molecule has 0 radical (unpaired) electrons. The van der Waals surface area contributed by atoms with E-state index in [0.29, 0.717) is 5.02 Å². The van der Waals surface area contributed by atoms with Crippen molar-refractivity contribution in [2.45, 2.75) is 0 Å². The topological polar surface area (TPSA) is 63.1 Å². The molecule has 100 valence electrons. The van der Waals surface area contributed by atoms with E-state index in [2.05, 4.69) is 10.6 Å². The third kappa shape index (κ3) is 2.31. The van der Waals surface area contributed by atoms with Crippen molar-refractivity contribution in [3.05, 3.63) is 59.0 Å². The Morgan fingerprint density at radius 3 is 2.45 bits per heavy atom. The maximum atomic E-state index is 11.5. The van der Waals surface area contributed by atoms with Gasteiger partial charge in [-0.15, -0.1) is 0 Å². The van der Waals surface area contributed by atoms with Crippen LogP contribution in [-0.4, -0.2) is 16.5 Å². The predicted octanol–water partition coefficient (Wildman–Crippen LogP) is 2.31. The van der Waals surface area contributed by atoms with Crippen molar-refractivity contribution >= 4 is 29.6 Å². The van der Waals surface area contributed by atoms with Crippen LogP contribution in [0.1, 0.15) is 5.69 Å². The summed E-state index contributed by atoms with van der Waals surface area (Å²) in [6.45, 7) is 0. The number of aromatic nitrogens is 1. The van der Waals surface area contributed by atoms with Gasteiger partial charge in [-0.1, -0.05) is 11.6 Å². The van der Waals surface area contributed by atoms with Gasteiger partial charge in [-0.2, -0.15) is 0 Å². The van der Waals surface area contributed by atoms with Gasteiger partial charge in [-0.05, 0) is 42.5 Å². The van der Waals surface area contributed by atoms with Gasteiger partial charge in [0.05, 0.1) is 0 Å². The number of nitrogens with zero attached hydrogens (tertiary/aromatic N) is 1. The SMILES string of the molecule is O=C1NC(=O)/C(=C\c2cccn2-c2ccc(Cl)cc2)N1. The number of hydrogen-bond acceptors (Lipinski definition) is 2. The molecular formula is C14H10ClN3O2. The van der Waals surface area contributed by atoms with Crippen molar-refractivity contribution < 1.29 is 9.59 Å². The summed E-state index contributed by atoms with van der Waals surface area (Å²) in [6.07, 6.45) is 3.49. The van der Waals surface area contributed by atoms with E-state index in [9.17, 15) is 9.59 Å². The van der Waals surface area contributed by atoms with Gasteiger partial charge >= 0.3 is 6.03 Å².